The van der Waals surface area contributed by atoms with Gasteiger partial charge in [0.2, 0.25) is 5.91 Å². The minimum absolute atomic E-state index is 0.0596. The smallest absolute Gasteiger partial charge is 0.255 e. The first kappa shape index (κ1) is 19.7. The fraction of sp³-hybridized carbons (Fsp3) is 0.333. The lowest BCUT2D eigenvalue weighted by atomic mass is 10.0. The highest BCUT2D eigenvalue weighted by atomic mass is 35.5. The molecule has 0 aromatic heterocycles. The summed E-state index contributed by atoms with van der Waals surface area (Å²) in [6.07, 6.45) is 2.70. The second-order valence-electron chi connectivity index (χ2n) is 6.74. The van der Waals surface area contributed by atoms with E-state index in [-0.39, 0.29) is 17.9 Å². The Labute approximate surface area is 169 Å². The molecule has 0 unspecified atom stereocenters. The summed E-state index contributed by atoms with van der Waals surface area (Å²) in [7, 11) is 0. The summed E-state index contributed by atoms with van der Waals surface area (Å²) in [5, 5.41) is 3.96. The Balaban J connectivity index is 1.45. The van der Waals surface area contributed by atoms with Gasteiger partial charge >= 0.3 is 0 Å². The number of carbonyl (C=O) groups excluding carboxylic acids is 2. The zero-order valence-electron chi connectivity index (χ0n) is 15.0. The molecule has 2 aromatic rings. The first-order valence-corrected chi connectivity index (χ1v) is 9.86. The number of nitrogens with zero attached hydrogens (tertiary/aromatic N) is 1. The monoisotopic (exact) mass is 404 g/mol. The average Bonchev–Trinajstić information content (AvgIpc) is 2.67. The van der Waals surface area contributed by atoms with Gasteiger partial charge in [0.1, 0.15) is 0 Å². The molecule has 0 aliphatic carbocycles. The van der Waals surface area contributed by atoms with Gasteiger partial charge in [0, 0.05) is 30.6 Å². The number of hydrogen-bond acceptors (Lipinski definition) is 2. The average molecular weight is 405 g/mol. The molecule has 142 valence electrons. The zero-order chi connectivity index (χ0) is 19.2. The van der Waals surface area contributed by atoms with E-state index in [0.717, 1.165) is 24.8 Å². The molecule has 1 heterocycles. The molecule has 27 heavy (non-hydrogen) atoms. The third-order valence-corrected chi connectivity index (χ3v) is 5.34. The van der Waals surface area contributed by atoms with Crippen LogP contribution in [-0.4, -0.2) is 35.8 Å². The van der Waals surface area contributed by atoms with Crippen LogP contribution in [0.25, 0.3) is 0 Å². The molecule has 2 amide bonds. The van der Waals surface area contributed by atoms with Crippen LogP contribution in [0, 0.1) is 0 Å². The molecule has 0 atom stereocenters. The summed E-state index contributed by atoms with van der Waals surface area (Å²) in [5.74, 6) is -0.0325. The molecule has 1 saturated heterocycles. The normalized spacial score (nSPS) is 14.8. The van der Waals surface area contributed by atoms with Gasteiger partial charge in [-0.1, -0.05) is 53.5 Å². The number of amides is 2. The van der Waals surface area contributed by atoms with Crippen molar-refractivity contribution in [3.63, 3.8) is 0 Å². The number of piperidine rings is 1. The third-order valence-electron chi connectivity index (χ3n) is 4.79. The van der Waals surface area contributed by atoms with Crippen LogP contribution in [-0.2, 0) is 11.2 Å². The number of aryl methyl sites for hydroxylation is 1. The molecule has 1 fully saturated rings. The summed E-state index contributed by atoms with van der Waals surface area (Å²) < 4.78 is 0. The van der Waals surface area contributed by atoms with Gasteiger partial charge in [0.05, 0.1) is 10.6 Å². The van der Waals surface area contributed by atoms with Crippen LogP contribution in [0.3, 0.4) is 0 Å². The van der Waals surface area contributed by atoms with Crippen molar-refractivity contribution in [2.24, 2.45) is 0 Å². The lowest BCUT2D eigenvalue weighted by Crippen LogP contribution is -2.46. The number of rotatable bonds is 5. The van der Waals surface area contributed by atoms with E-state index in [1.807, 2.05) is 30.3 Å². The summed E-state index contributed by atoms with van der Waals surface area (Å²) in [4.78, 5) is 26.6. The minimum Gasteiger partial charge on any atom is -0.353 e. The highest BCUT2D eigenvalue weighted by molar-refractivity contribution is 6.36. The molecule has 0 spiro atoms. The number of halogens is 2. The summed E-state index contributed by atoms with van der Waals surface area (Å²) >= 11 is 12.0. The molecular weight excluding hydrogens is 383 g/mol. The van der Waals surface area contributed by atoms with E-state index in [4.69, 9.17) is 23.2 Å². The molecule has 2 aromatic carbocycles. The van der Waals surface area contributed by atoms with Gasteiger partial charge in [-0.2, -0.15) is 0 Å². The summed E-state index contributed by atoms with van der Waals surface area (Å²) in [6, 6.07) is 15.0. The number of likely N-dealkylation sites (tertiary alicyclic amines) is 1. The van der Waals surface area contributed by atoms with Gasteiger partial charge in [0.25, 0.3) is 5.91 Å². The molecule has 0 saturated carbocycles. The molecule has 3 rings (SSSR count). The number of nitrogens with one attached hydrogen (secondary N) is 1. The number of benzene rings is 2. The van der Waals surface area contributed by atoms with Crippen molar-refractivity contribution in [3.05, 3.63) is 69.7 Å². The Bertz CT molecular complexity index is 803. The molecule has 6 heteroatoms. The maximum Gasteiger partial charge on any atom is 0.255 e. The number of hydrogen-bond donors (Lipinski definition) is 1. The van der Waals surface area contributed by atoms with Gasteiger partial charge in [-0.25, -0.2) is 0 Å². The van der Waals surface area contributed by atoms with E-state index in [1.54, 1.807) is 23.1 Å². The SMILES string of the molecule is O=C(CCc1ccccc1)NC1CCN(C(=O)c2ccc(Cl)cc2Cl)CC1. The van der Waals surface area contributed by atoms with E-state index in [2.05, 4.69) is 5.32 Å². The summed E-state index contributed by atoms with van der Waals surface area (Å²) in [5.41, 5.74) is 1.62. The van der Waals surface area contributed by atoms with Crippen molar-refractivity contribution in [2.45, 2.75) is 31.7 Å². The fourth-order valence-corrected chi connectivity index (χ4v) is 3.75. The fourth-order valence-electron chi connectivity index (χ4n) is 3.26. The van der Waals surface area contributed by atoms with Gasteiger partial charge in [-0.05, 0) is 43.0 Å². The predicted octanol–water partition coefficient (Wildman–Crippen LogP) is 4.35. The van der Waals surface area contributed by atoms with Gasteiger partial charge < -0.3 is 10.2 Å². The molecule has 4 nitrogen and oxygen atoms in total. The third kappa shape index (κ3) is 5.47. The van der Waals surface area contributed by atoms with Gasteiger partial charge in [-0.15, -0.1) is 0 Å². The number of carbonyl (C=O) groups is 2. The van der Waals surface area contributed by atoms with Crippen LogP contribution in [0.15, 0.2) is 48.5 Å². The lowest BCUT2D eigenvalue weighted by Gasteiger charge is -2.32. The van der Waals surface area contributed by atoms with E-state index < -0.39 is 0 Å². The van der Waals surface area contributed by atoms with Crippen LogP contribution in [0.4, 0.5) is 0 Å². The Morgan fingerprint density at radius 1 is 1.04 bits per heavy atom. The molecule has 0 radical (unpaired) electrons. The van der Waals surface area contributed by atoms with Crippen LogP contribution in [0.1, 0.15) is 35.2 Å². The second kappa shape index (κ2) is 9.25. The quantitative estimate of drug-likeness (QED) is 0.804. The van der Waals surface area contributed by atoms with E-state index >= 15 is 0 Å². The molecule has 1 N–H and O–H groups in total. The van der Waals surface area contributed by atoms with Crippen LogP contribution >= 0.6 is 23.2 Å². The Morgan fingerprint density at radius 2 is 1.74 bits per heavy atom. The van der Waals surface area contributed by atoms with Crippen LogP contribution < -0.4 is 5.32 Å². The maximum atomic E-state index is 12.6. The standard InChI is InChI=1S/C21H22Cl2N2O2/c22-16-7-8-18(19(23)14-16)21(27)25-12-10-17(11-13-25)24-20(26)9-6-15-4-2-1-3-5-15/h1-5,7-8,14,17H,6,9-13H2,(H,24,26). The predicted molar refractivity (Wildman–Crippen MR) is 108 cm³/mol. The van der Waals surface area contributed by atoms with Crippen molar-refractivity contribution in [2.75, 3.05) is 13.1 Å². The van der Waals surface area contributed by atoms with E-state index in [0.29, 0.717) is 35.1 Å². The topological polar surface area (TPSA) is 49.4 Å². The largest absolute Gasteiger partial charge is 0.353 e. The minimum atomic E-state index is -0.0921. The second-order valence-corrected chi connectivity index (χ2v) is 7.59. The summed E-state index contributed by atoms with van der Waals surface area (Å²) in [6.45, 7) is 1.20. The van der Waals surface area contributed by atoms with Crippen molar-refractivity contribution < 1.29 is 9.59 Å². The first-order chi connectivity index (χ1) is 13.0. The van der Waals surface area contributed by atoms with Crippen molar-refractivity contribution in [1.82, 2.24) is 10.2 Å². The molecular formula is C21H22Cl2N2O2. The van der Waals surface area contributed by atoms with Crippen molar-refractivity contribution in [1.29, 1.82) is 0 Å². The highest BCUT2D eigenvalue weighted by Crippen LogP contribution is 2.23. The van der Waals surface area contributed by atoms with Crippen molar-refractivity contribution >= 4 is 35.0 Å². The zero-order valence-corrected chi connectivity index (χ0v) is 16.5. The Hall–Kier alpha value is -2.04. The molecule has 1 aliphatic rings. The Kier molecular flexibility index (Phi) is 6.75. The van der Waals surface area contributed by atoms with Crippen LogP contribution in [0.5, 0.6) is 0 Å². The van der Waals surface area contributed by atoms with Crippen LogP contribution in [0.2, 0.25) is 10.0 Å². The lowest BCUT2D eigenvalue weighted by molar-refractivity contribution is -0.122. The van der Waals surface area contributed by atoms with Gasteiger partial charge in [0.15, 0.2) is 0 Å². The van der Waals surface area contributed by atoms with E-state index in [1.165, 1.54) is 0 Å². The maximum absolute atomic E-state index is 12.6. The Morgan fingerprint density at radius 3 is 2.41 bits per heavy atom. The first-order valence-electron chi connectivity index (χ1n) is 9.10. The molecule has 1 aliphatic heterocycles. The molecule has 0 bridgehead atoms. The highest BCUT2D eigenvalue weighted by Gasteiger charge is 2.25. The van der Waals surface area contributed by atoms with Crippen molar-refractivity contribution in [3.8, 4) is 0 Å². The van der Waals surface area contributed by atoms with Gasteiger partial charge in [-0.3, -0.25) is 9.59 Å². The van der Waals surface area contributed by atoms with E-state index in [9.17, 15) is 9.59 Å².